The standard InChI is InChI=1S/C26H26N2O5/c29-24(30)13-6-14-27-25(31)18-12-5-7-17(18)15-28-26(32)33-16-23-21-10-3-1-8-19(21)20-9-2-4-11-22(20)23/h1-4,8-11,17-18,23H,5,7,12,14-16H2,(H,27,31)(H,28,32)(H,29,30)/t17-,18-/m0/s1. The van der Waals surface area contributed by atoms with Crippen LogP contribution in [0.4, 0.5) is 4.79 Å². The molecule has 1 fully saturated rings. The van der Waals surface area contributed by atoms with Crippen molar-refractivity contribution < 1.29 is 24.2 Å². The van der Waals surface area contributed by atoms with Gasteiger partial charge in [0.25, 0.3) is 0 Å². The lowest BCUT2D eigenvalue weighted by atomic mass is 9.95. The summed E-state index contributed by atoms with van der Waals surface area (Å²) in [6.07, 6.45) is 1.98. The molecule has 2 aliphatic rings. The van der Waals surface area contributed by atoms with Crippen LogP contribution in [0, 0.1) is 23.7 Å². The first-order valence-corrected chi connectivity index (χ1v) is 11.1. The van der Waals surface area contributed by atoms with Gasteiger partial charge in [-0.2, -0.15) is 0 Å². The first kappa shape index (κ1) is 22.4. The fraction of sp³-hybridized carbons (Fsp3) is 0.346. The molecule has 2 aliphatic carbocycles. The van der Waals surface area contributed by atoms with Gasteiger partial charge in [-0.05, 0) is 41.0 Å². The number of hydrogen-bond acceptors (Lipinski definition) is 4. The average Bonchev–Trinajstić information content (AvgIpc) is 3.42. The zero-order valence-corrected chi connectivity index (χ0v) is 18.2. The van der Waals surface area contributed by atoms with Crippen LogP contribution in [0.1, 0.15) is 36.3 Å². The molecule has 0 aromatic heterocycles. The van der Waals surface area contributed by atoms with E-state index in [4.69, 9.17) is 9.84 Å². The van der Waals surface area contributed by atoms with Gasteiger partial charge in [0.05, 0.1) is 6.54 Å². The van der Waals surface area contributed by atoms with Crippen molar-refractivity contribution in [2.45, 2.75) is 25.2 Å². The Bertz CT molecular complexity index is 1070. The lowest BCUT2D eigenvalue weighted by molar-refractivity contribution is -0.130. The number of benzene rings is 2. The second kappa shape index (κ2) is 10.2. The van der Waals surface area contributed by atoms with Crippen molar-refractivity contribution in [3.63, 3.8) is 0 Å². The van der Waals surface area contributed by atoms with Crippen LogP contribution in [0.2, 0.25) is 0 Å². The third-order valence-electron chi connectivity index (χ3n) is 6.39. The van der Waals surface area contributed by atoms with Crippen LogP contribution in [0.15, 0.2) is 48.5 Å². The first-order chi connectivity index (χ1) is 16.0. The van der Waals surface area contributed by atoms with E-state index in [-0.39, 0.29) is 36.8 Å². The second-order valence-electron chi connectivity index (χ2n) is 8.33. The molecule has 2 atom stereocenters. The molecule has 0 aliphatic heterocycles. The molecule has 2 aromatic carbocycles. The summed E-state index contributed by atoms with van der Waals surface area (Å²) in [6, 6.07) is 16.3. The Labute approximate surface area is 192 Å². The fourth-order valence-corrected chi connectivity index (χ4v) is 4.87. The van der Waals surface area contributed by atoms with Gasteiger partial charge in [-0.15, -0.1) is 0 Å². The molecule has 2 amide bonds. The smallest absolute Gasteiger partial charge is 0.407 e. The van der Waals surface area contributed by atoms with Gasteiger partial charge in [0.1, 0.15) is 6.61 Å². The van der Waals surface area contributed by atoms with Gasteiger partial charge in [0.2, 0.25) is 5.91 Å². The molecule has 0 heterocycles. The Morgan fingerprint density at radius 2 is 1.64 bits per heavy atom. The van der Waals surface area contributed by atoms with Crippen LogP contribution in [0.25, 0.3) is 11.1 Å². The molecule has 0 radical (unpaired) electrons. The number of carbonyl (C=O) groups excluding carboxylic acids is 2. The summed E-state index contributed by atoms with van der Waals surface area (Å²) in [5.74, 6) is 2.76. The Hall–Kier alpha value is -3.79. The van der Waals surface area contributed by atoms with E-state index in [1.165, 1.54) is 11.1 Å². The minimum absolute atomic E-state index is 0.0000636. The largest absolute Gasteiger partial charge is 0.472 e. The molecule has 0 spiro atoms. The van der Waals surface area contributed by atoms with Crippen LogP contribution in [0.5, 0.6) is 0 Å². The molecule has 4 rings (SSSR count). The van der Waals surface area contributed by atoms with Crippen molar-refractivity contribution in [1.82, 2.24) is 10.6 Å². The van der Waals surface area contributed by atoms with E-state index in [1.54, 1.807) is 0 Å². The summed E-state index contributed by atoms with van der Waals surface area (Å²) in [6.45, 7) is 0.598. The van der Waals surface area contributed by atoms with Gasteiger partial charge in [-0.25, -0.2) is 9.59 Å². The van der Waals surface area contributed by atoms with Gasteiger partial charge in [-0.1, -0.05) is 60.9 Å². The highest BCUT2D eigenvalue weighted by Gasteiger charge is 2.33. The molecule has 170 valence electrons. The predicted octanol–water partition coefficient (Wildman–Crippen LogP) is 3.15. The number of carboxylic acids is 1. The molecule has 1 saturated carbocycles. The van der Waals surface area contributed by atoms with Gasteiger partial charge in [0, 0.05) is 24.3 Å². The highest BCUT2D eigenvalue weighted by Crippen LogP contribution is 2.44. The summed E-state index contributed by atoms with van der Waals surface area (Å²) < 4.78 is 5.57. The van der Waals surface area contributed by atoms with E-state index in [0.717, 1.165) is 30.4 Å². The molecule has 0 unspecified atom stereocenters. The summed E-state index contributed by atoms with van der Waals surface area (Å²) >= 11 is 0. The number of ether oxygens (including phenoxy) is 1. The Balaban J connectivity index is 1.28. The van der Waals surface area contributed by atoms with E-state index >= 15 is 0 Å². The Morgan fingerprint density at radius 1 is 0.970 bits per heavy atom. The van der Waals surface area contributed by atoms with Crippen LogP contribution in [0.3, 0.4) is 0 Å². The van der Waals surface area contributed by atoms with Crippen LogP contribution < -0.4 is 10.6 Å². The minimum Gasteiger partial charge on any atom is -0.472 e. The Kier molecular flexibility index (Phi) is 6.94. The van der Waals surface area contributed by atoms with Crippen LogP contribution >= 0.6 is 0 Å². The summed E-state index contributed by atoms with van der Waals surface area (Å²) in [7, 11) is 0. The molecule has 7 heteroatoms. The van der Waals surface area contributed by atoms with Gasteiger partial charge in [-0.3, -0.25) is 4.79 Å². The number of rotatable bonds is 6. The van der Waals surface area contributed by atoms with Gasteiger partial charge < -0.3 is 20.5 Å². The molecule has 33 heavy (non-hydrogen) atoms. The van der Waals surface area contributed by atoms with E-state index < -0.39 is 12.1 Å². The monoisotopic (exact) mass is 446 g/mol. The van der Waals surface area contributed by atoms with Crippen molar-refractivity contribution in [2.75, 3.05) is 19.7 Å². The highest BCUT2D eigenvalue weighted by molar-refractivity contribution is 5.86. The topological polar surface area (TPSA) is 105 Å². The Morgan fingerprint density at radius 3 is 2.30 bits per heavy atom. The van der Waals surface area contributed by atoms with Gasteiger partial charge in [0.15, 0.2) is 0 Å². The van der Waals surface area contributed by atoms with Crippen LogP contribution in [-0.2, 0) is 14.3 Å². The van der Waals surface area contributed by atoms with Crippen molar-refractivity contribution in [3.05, 3.63) is 59.7 Å². The molecule has 0 saturated heterocycles. The normalized spacial score (nSPS) is 18.4. The maximum Gasteiger partial charge on any atom is 0.407 e. The zero-order chi connectivity index (χ0) is 23.2. The quantitative estimate of drug-likeness (QED) is 0.592. The lowest BCUT2D eigenvalue weighted by Crippen LogP contribution is -2.38. The van der Waals surface area contributed by atoms with Crippen molar-refractivity contribution in [2.24, 2.45) is 11.8 Å². The third-order valence-corrected chi connectivity index (χ3v) is 6.39. The number of fused-ring (bicyclic) bond motifs is 3. The summed E-state index contributed by atoms with van der Waals surface area (Å²) in [5.41, 5.74) is 4.67. The van der Waals surface area contributed by atoms with Crippen molar-refractivity contribution >= 4 is 18.0 Å². The zero-order valence-electron chi connectivity index (χ0n) is 18.2. The molecular formula is C26H26N2O5. The van der Waals surface area contributed by atoms with E-state index in [0.29, 0.717) is 6.54 Å². The highest BCUT2D eigenvalue weighted by atomic mass is 16.5. The first-order valence-electron chi connectivity index (χ1n) is 11.1. The molecule has 2 aromatic rings. The van der Waals surface area contributed by atoms with E-state index in [1.807, 2.05) is 30.2 Å². The number of amides is 2. The molecule has 0 bridgehead atoms. The minimum atomic E-state index is -1.23. The maximum atomic E-state index is 12.4. The summed E-state index contributed by atoms with van der Waals surface area (Å²) in [4.78, 5) is 35.3. The SMILES string of the molecule is O=C(O)C#CCNC(=O)[C@H]1CCC[C@H]1CNC(=O)OCC1c2ccccc2-c2ccccc21. The summed E-state index contributed by atoms with van der Waals surface area (Å²) in [5, 5.41) is 14.0. The maximum absolute atomic E-state index is 12.4. The van der Waals surface area contributed by atoms with Gasteiger partial charge >= 0.3 is 12.1 Å². The molecule has 7 nitrogen and oxygen atoms in total. The average molecular weight is 447 g/mol. The predicted molar refractivity (Wildman–Crippen MR) is 122 cm³/mol. The molecular weight excluding hydrogens is 420 g/mol. The van der Waals surface area contributed by atoms with E-state index in [2.05, 4.69) is 40.8 Å². The fourth-order valence-electron chi connectivity index (χ4n) is 4.87. The number of nitrogens with one attached hydrogen (secondary N) is 2. The van der Waals surface area contributed by atoms with Crippen LogP contribution in [-0.4, -0.2) is 42.8 Å². The van der Waals surface area contributed by atoms with Crippen molar-refractivity contribution in [1.29, 1.82) is 0 Å². The lowest BCUT2D eigenvalue weighted by Gasteiger charge is -2.19. The second-order valence-corrected chi connectivity index (χ2v) is 8.33. The van der Waals surface area contributed by atoms with E-state index in [9.17, 15) is 14.4 Å². The number of carboxylic acid groups (broad SMARTS) is 1. The number of aliphatic carboxylic acids is 1. The van der Waals surface area contributed by atoms with Crippen molar-refractivity contribution in [3.8, 4) is 23.0 Å². The number of hydrogen-bond donors (Lipinski definition) is 3. The third kappa shape index (κ3) is 5.17. The molecule has 3 N–H and O–H groups in total. The number of alkyl carbamates (subject to hydrolysis) is 1. The number of carbonyl (C=O) groups is 3.